The molecule has 9 heteroatoms. The van der Waals surface area contributed by atoms with Crippen LogP contribution < -0.4 is 15.0 Å². The first-order valence-electron chi connectivity index (χ1n) is 11.5. The van der Waals surface area contributed by atoms with Gasteiger partial charge in [-0.15, -0.1) is 0 Å². The van der Waals surface area contributed by atoms with Crippen molar-refractivity contribution in [2.45, 2.75) is 31.8 Å². The monoisotopic (exact) mass is 498 g/mol. The zero-order chi connectivity index (χ0) is 25.3. The molecule has 2 fully saturated rings. The molecule has 0 aliphatic carbocycles. The van der Waals surface area contributed by atoms with Crippen molar-refractivity contribution in [2.24, 2.45) is 11.8 Å². The van der Waals surface area contributed by atoms with Crippen LogP contribution in [0.4, 0.5) is 5.69 Å². The maximum Gasteiger partial charge on any atom is 0.327 e. The van der Waals surface area contributed by atoms with Crippen molar-refractivity contribution in [1.82, 2.24) is 5.32 Å². The molecule has 8 nitrogen and oxygen atoms in total. The molecule has 0 aromatic heterocycles. The number of benzene rings is 2. The number of aromatic hydroxyl groups is 1. The van der Waals surface area contributed by atoms with Gasteiger partial charge < -0.3 is 14.6 Å². The molecule has 2 heterocycles. The molecule has 2 N–H and O–H groups in total. The average Bonchev–Trinajstić information content (AvgIpc) is 3.33. The van der Waals surface area contributed by atoms with Gasteiger partial charge in [0.25, 0.3) is 0 Å². The Bertz CT molecular complexity index is 1140. The lowest BCUT2D eigenvalue weighted by molar-refractivity contribution is -0.154. The number of esters is 1. The van der Waals surface area contributed by atoms with Crippen molar-refractivity contribution < 1.29 is 29.0 Å². The van der Waals surface area contributed by atoms with E-state index in [9.17, 15) is 19.5 Å². The van der Waals surface area contributed by atoms with E-state index in [2.05, 4.69) is 5.32 Å². The van der Waals surface area contributed by atoms with E-state index in [-0.39, 0.29) is 24.0 Å². The van der Waals surface area contributed by atoms with Crippen LogP contribution in [0.15, 0.2) is 42.5 Å². The molecule has 4 unspecified atom stereocenters. The number of ether oxygens (including phenoxy) is 2. The summed E-state index contributed by atoms with van der Waals surface area (Å²) in [6, 6.07) is 11.3. The second-order valence-electron chi connectivity index (χ2n) is 8.84. The smallest absolute Gasteiger partial charge is 0.327 e. The summed E-state index contributed by atoms with van der Waals surface area (Å²) >= 11 is 1.55. The van der Waals surface area contributed by atoms with E-state index < -0.39 is 35.3 Å². The summed E-state index contributed by atoms with van der Waals surface area (Å²) < 4.78 is 10.7. The van der Waals surface area contributed by atoms with E-state index in [1.165, 1.54) is 18.1 Å². The maximum absolute atomic E-state index is 13.9. The second-order valence-corrected chi connectivity index (χ2v) is 9.82. The molecule has 0 saturated carbocycles. The van der Waals surface area contributed by atoms with Gasteiger partial charge in [-0.2, -0.15) is 11.8 Å². The number of hydrogen-bond acceptors (Lipinski definition) is 8. The zero-order valence-corrected chi connectivity index (χ0v) is 21.1. The number of rotatable bonds is 8. The van der Waals surface area contributed by atoms with Crippen LogP contribution in [-0.2, 0) is 19.1 Å². The number of anilines is 1. The Morgan fingerprint density at radius 1 is 1.17 bits per heavy atom. The highest BCUT2D eigenvalue weighted by molar-refractivity contribution is 7.98. The number of hydrogen-bond donors (Lipinski definition) is 2. The number of carbonyl (C=O) groups excluding carboxylic acids is 3. The molecular weight excluding hydrogens is 468 g/mol. The number of amides is 2. The summed E-state index contributed by atoms with van der Waals surface area (Å²) in [6.07, 6.45) is 2.24. The predicted octanol–water partition coefficient (Wildman–Crippen LogP) is 3.21. The Hall–Kier alpha value is -3.04. The van der Waals surface area contributed by atoms with Crippen LogP contribution in [0.3, 0.4) is 0 Å². The third-order valence-electron chi connectivity index (χ3n) is 6.85. The summed E-state index contributed by atoms with van der Waals surface area (Å²) in [5.41, 5.74) is 0.747. The van der Waals surface area contributed by atoms with Gasteiger partial charge in [0.1, 0.15) is 5.54 Å². The molecule has 4 rings (SSSR count). The Kier molecular flexibility index (Phi) is 7.10. The quantitative estimate of drug-likeness (QED) is 0.422. The normalized spacial score (nSPS) is 25.6. The van der Waals surface area contributed by atoms with Crippen LogP contribution >= 0.6 is 11.8 Å². The number of fused-ring (bicyclic) bond motifs is 1. The maximum atomic E-state index is 13.9. The highest BCUT2D eigenvalue weighted by atomic mass is 32.2. The number of methoxy groups -OCH3 is 1. The molecule has 2 aromatic rings. The lowest BCUT2D eigenvalue weighted by atomic mass is 9.78. The molecule has 4 atom stereocenters. The Labute approximate surface area is 209 Å². The van der Waals surface area contributed by atoms with Gasteiger partial charge in [-0.3, -0.25) is 19.7 Å². The fourth-order valence-electron chi connectivity index (χ4n) is 5.17. The molecule has 2 saturated heterocycles. The van der Waals surface area contributed by atoms with E-state index in [4.69, 9.17) is 9.47 Å². The van der Waals surface area contributed by atoms with Crippen molar-refractivity contribution in [3.8, 4) is 11.5 Å². The summed E-state index contributed by atoms with van der Waals surface area (Å²) in [5, 5.41) is 13.5. The van der Waals surface area contributed by atoms with Crippen LogP contribution in [0.2, 0.25) is 0 Å². The number of nitrogens with zero attached hydrogens (tertiary/aromatic N) is 1. The van der Waals surface area contributed by atoms with Crippen LogP contribution in [0, 0.1) is 18.8 Å². The molecule has 0 radical (unpaired) electrons. The van der Waals surface area contributed by atoms with Crippen LogP contribution in [0.5, 0.6) is 11.5 Å². The van der Waals surface area contributed by atoms with Crippen molar-refractivity contribution in [1.29, 1.82) is 0 Å². The van der Waals surface area contributed by atoms with Gasteiger partial charge in [0.2, 0.25) is 11.8 Å². The average molecular weight is 499 g/mol. The first kappa shape index (κ1) is 25.1. The second kappa shape index (κ2) is 9.91. The number of phenols is 1. The molecule has 35 heavy (non-hydrogen) atoms. The lowest BCUT2D eigenvalue weighted by Crippen LogP contribution is -2.57. The van der Waals surface area contributed by atoms with Gasteiger partial charge >= 0.3 is 5.97 Å². The highest BCUT2D eigenvalue weighted by Crippen LogP contribution is 2.52. The first-order chi connectivity index (χ1) is 16.8. The number of nitrogens with one attached hydrogen (secondary N) is 1. The van der Waals surface area contributed by atoms with Gasteiger partial charge in [0.15, 0.2) is 11.5 Å². The SMILES string of the molecule is CCOC(=O)C1(CCSC)NC(c2ccc(O)c(OC)c2)C2C(=O)N(c3ccc(C)cc3)C(=O)C21. The van der Waals surface area contributed by atoms with E-state index in [1.807, 2.05) is 25.3 Å². The minimum absolute atomic E-state index is 0.0417. The van der Waals surface area contributed by atoms with Crippen LogP contribution in [0.25, 0.3) is 0 Å². The fraction of sp³-hybridized carbons (Fsp3) is 0.423. The zero-order valence-electron chi connectivity index (χ0n) is 20.2. The first-order valence-corrected chi connectivity index (χ1v) is 12.9. The van der Waals surface area contributed by atoms with Crippen molar-refractivity contribution in [3.63, 3.8) is 0 Å². The van der Waals surface area contributed by atoms with Gasteiger partial charge in [-0.1, -0.05) is 23.8 Å². The fourth-order valence-corrected chi connectivity index (χ4v) is 5.69. The largest absolute Gasteiger partial charge is 0.504 e. The van der Waals surface area contributed by atoms with E-state index in [0.717, 1.165) is 5.56 Å². The van der Waals surface area contributed by atoms with Crippen molar-refractivity contribution >= 4 is 35.2 Å². The third-order valence-corrected chi connectivity index (χ3v) is 7.46. The molecular formula is C26H30N2O6S. The Morgan fingerprint density at radius 3 is 2.51 bits per heavy atom. The van der Waals surface area contributed by atoms with Gasteiger partial charge in [0.05, 0.1) is 31.2 Å². The minimum Gasteiger partial charge on any atom is -0.504 e. The van der Waals surface area contributed by atoms with Crippen LogP contribution in [0.1, 0.15) is 30.5 Å². The van der Waals surface area contributed by atoms with Gasteiger partial charge in [-0.25, -0.2) is 4.90 Å². The molecule has 2 aliphatic rings. The van der Waals surface area contributed by atoms with E-state index >= 15 is 0 Å². The number of thioether (sulfide) groups is 1. The molecule has 0 spiro atoms. The topological polar surface area (TPSA) is 105 Å². The molecule has 186 valence electrons. The Morgan fingerprint density at radius 2 is 1.89 bits per heavy atom. The standard InChI is InChI=1S/C26H30N2O6S/c1-5-34-25(32)26(12-13-35-4)21-20(22(27-26)16-8-11-18(29)19(14-16)33-3)23(30)28(24(21)31)17-9-6-15(2)7-10-17/h6-11,14,20-22,27,29H,5,12-13H2,1-4H3. The van der Waals surface area contributed by atoms with Crippen molar-refractivity contribution in [2.75, 3.05) is 30.6 Å². The number of aryl methyl sites for hydroxylation is 1. The van der Waals surface area contributed by atoms with Gasteiger partial charge in [0, 0.05) is 6.04 Å². The van der Waals surface area contributed by atoms with E-state index in [0.29, 0.717) is 23.4 Å². The predicted molar refractivity (Wildman–Crippen MR) is 134 cm³/mol. The summed E-state index contributed by atoms with van der Waals surface area (Å²) in [6.45, 7) is 3.80. The summed E-state index contributed by atoms with van der Waals surface area (Å²) in [5.74, 6) is -2.30. The van der Waals surface area contributed by atoms with E-state index in [1.54, 1.807) is 43.0 Å². The Balaban J connectivity index is 1.87. The third kappa shape index (κ3) is 4.16. The van der Waals surface area contributed by atoms with Gasteiger partial charge in [-0.05, 0) is 62.1 Å². The molecule has 2 aromatic carbocycles. The summed E-state index contributed by atoms with van der Waals surface area (Å²) in [4.78, 5) is 42.4. The molecule has 2 aliphatic heterocycles. The number of carbonyl (C=O) groups is 3. The summed E-state index contributed by atoms with van der Waals surface area (Å²) in [7, 11) is 1.44. The molecule has 2 amide bonds. The van der Waals surface area contributed by atoms with Crippen molar-refractivity contribution in [3.05, 3.63) is 53.6 Å². The lowest BCUT2D eigenvalue weighted by Gasteiger charge is -2.33. The minimum atomic E-state index is -1.37. The molecule has 0 bridgehead atoms. The number of imide groups is 1. The highest BCUT2D eigenvalue weighted by Gasteiger charge is 2.68. The van der Waals surface area contributed by atoms with Crippen LogP contribution in [-0.4, -0.2) is 54.2 Å². The number of phenolic OH excluding ortho intramolecular Hbond substituents is 1.